The predicted molar refractivity (Wildman–Crippen MR) is 154 cm³/mol. The second-order valence-corrected chi connectivity index (χ2v) is 9.97. The van der Waals surface area contributed by atoms with E-state index >= 15 is 0 Å². The average molecular weight is 509 g/mol. The Bertz CT molecular complexity index is 879. The lowest BCUT2D eigenvalue weighted by Crippen LogP contribution is -2.34. The number of hydrogen-bond donors (Lipinski definition) is 1. The van der Waals surface area contributed by atoms with Crippen molar-refractivity contribution >= 4 is 17.4 Å². The highest BCUT2D eigenvalue weighted by atomic mass is 16.5. The third kappa shape index (κ3) is 14.4. The van der Waals surface area contributed by atoms with Crippen LogP contribution in [0.3, 0.4) is 0 Å². The molecule has 2 amide bonds. The number of carbonyl (C=O) groups is 1. The molecule has 2 aromatic rings. The van der Waals surface area contributed by atoms with Crippen LogP contribution in [0, 0.1) is 0 Å². The van der Waals surface area contributed by atoms with Crippen LogP contribution >= 0.6 is 0 Å². The lowest BCUT2D eigenvalue weighted by molar-refractivity contribution is 0.217. The molecule has 0 heterocycles. The Morgan fingerprint density at radius 1 is 0.730 bits per heavy atom. The lowest BCUT2D eigenvalue weighted by atomic mass is 10.1. The van der Waals surface area contributed by atoms with Gasteiger partial charge in [0.15, 0.2) is 0 Å². The van der Waals surface area contributed by atoms with Gasteiger partial charge >= 0.3 is 6.03 Å². The number of amides is 2. The van der Waals surface area contributed by atoms with Crippen molar-refractivity contribution in [3.8, 4) is 5.75 Å². The summed E-state index contributed by atoms with van der Waals surface area (Å²) in [6.07, 6.45) is 15.8. The number of nitrogens with one attached hydrogen (secondary N) is 1. The molecular weight excluding hydrogens is 460 g/mol. The number of benzene rings is 2. The van der Waals surface area contributed by atoms with Crippen molar-refractivity contribution in [3.63, 3.8) is 0 Å². The SMILES string of the molecule is CCCCCCc1ccc(N=Nc2ccc(OCCCCCCCCCCNC(=O)N(C)C)cc2)cc1. The van der Waals surface area contributed by atoms with Gasteiger partial charge in [0.1, 0.15) is 5.75 Å². The molecule has 0 fully saturated rings. The number of ether oxygens (including phenoxy) is 1. The predicted octanol–water partition coefficient (Wildman–Crippen LogP) is 9.00. The molecular formula is C31H48N4O2. The number of urea groups is 1. The highest BCUT2D eigenvalue weighted by Gasteiger charge is 2.01. The van der Waals surface area contributed by atoms with Crippen LogP contribution in [0.25, 0.3) is 0 Å². The molecule has 0 aliphatic carbocycles. The van der Waals surface area contributed by atoms with Crippen LogP contribution in [-0.4, -0.2) is 38.2 Å². The van der Waals surface area contributed by atoms with Crippen molar-refractivity contribution in [1.82, 2.24) is 10.2 Å². The number of hydrogen-bond acceptors (Lipinski definition) is 4. The summed E-state index contributed by atoms with van der Waals surface area (Å²) in [5, 5.41) is 11.6. The van der Waals surface area contributed by atoms with Gasteiger partial charge in [0.25, 0.3) is 0 Å². The number of unbranched alkanes of at least 4 members (excludes halogenated alkanes) is 10. The van der Waals surface area contributed by atoms with E-state index in [1.807, 2.05) is 36.4 Å². The quantitative estimate of drug-likeness (QED) is 0.152. The molecule has 0 aliphatic rings. The van der Waals surface area contributed by atoms with Gasteiger partial charge in [0.2, 0.25) is 0 Å². The Balaban J connectivity index is 1.50. The second kappa shape index (κ2) is 19.3. The van der Waals surface area contributed by atoms with E-state index in [0.29, 0.717) is 0 Å². The highest BCUT2D eigenvalue weighted by Crippen LogP contribution is 2.22. The van der Waals surface area contributed by atoms with E-state index in [4.69, 9.17) is 4.74 Å². The number of rotatable bonds is 19. The molecule has 2 rings (SSSR count). The molecule has 2 aromatic carbocycles. The molecule has 1 N–H and O–H groups in total. The Morgan fingerprint density at radius 2 is 1.27 bits per heavy atom. The zero-order valence-corrected chi connectivity index (χ0v) is 23.4. The average Bonchev–Trinajstić information content (AvgIpc) is 2.91. The van der Waals surface area contributed by atoms with E-state index in [1.54, 1.807) is 19.0 Å². The molecule has 0 saturated carbocycles. The molecule has 6 heteroatoms. The third-order valence-electron chi connectivity index (χ3n) is 6.40. The first-order chi connectivity index (χ1) is 18.1. The Morgan fingerprint density at radius 3 is 1.86 bits per heavy atom. The number of carbonyl (C=O) groups excluding carboxylic acids is 1. The van der Waals surface area contributed by atoms with Gasteiger partial charge in [-0.25, -0.2) is 4.79 Å². The standard InChI is InChI=1S/C31H48N4O2/c1-4-5-6-13-16-27-17-19-28(20-18-27)33-34-29-21-23-30(24-22-29)37-26-15-12-10-8-7-9-11-14-25-32-31(36)35(2)3/h17-24H,4-16,25-26H2,1-3H3,(H,32,36). The first-order valence-corrected chi connectivity index (χ1v) is 14.3. The van der Waals surface area contributed by atoms with Crippen molar-refractivity contribution < 1.29 is 9.53 Å². The van der Waals surface area contributed by atoms with Gasteiger partial charge in [-0.1, -0.05) is 76.8 Å². The molecule has 0 spiro atoms. The maximum absolute atomic E-state index is 11.4. The van der Waals surface area contributed by atoms with Crippen molar-refractivity contribution in [3.05, 3.63) is 54.1 Å². The summed E-state index contributed by atoms with van der Waals surface area (Å²) in [6, 6.07) is 16.2. The first kappa shape index (κ1) is 30.3. The Kier molecular flexibility index (Phi) is 15.8. The Hall–Kier alpha value is -2.89. The van der Waals surface area contributed by atoms with Crippen LogP contribution in [0.5, 0.6) is 5.75 Å². The molecule has 6 nitrogen and oxygen atoms in total. The number of azo groups is 1. The third-order valence-corrected chi connectivity index (χ3v) is 6.40. The lowest BCUT2D eigenvalue weighted by Gasteiger charge is -2.11. The van der Waals surface area contributed by atoms with Crippen LogP contribution in [0.2, 0.25) is 0 Å². The topological polar surface area (TPSA) is 66.3 Å². The van der Waals surface area contributed by atoms with Crippen LogP contribution in [-0.2, 0) is 6.42 Å². The summed E-state index contributed by atoms with van der Waals surface area (Å²) in [6.45, 7) is 3.76. The van der Waals surface area contributed by atoms with Crippen LogP contribution in [0.1, 0.15) is 89.5 Å². The van der Waals surface area contributed by atoms with Crippen LogP contribution < -0.4 is 10.1 Å². The van der Waals surface area contributed by atoms with E-state index in [2.05, 4.69) is 34.6 Å². The minimum absolute atomic E-state index is 0.00618. The van der Waals surface area contributed by atoms with Crippen molar-refractivity contribution in [2.45, 2.75) is 90.4 Å². The normalized spacial score (nSPS) is 11.1. The summed E-state index contributed by atoms with van der Waals surface area (Å²) in [4.78, 5) is 13.0. The summed E-state index contributed by atoms with van der Waals surface area (Å²) in [5.74, 6) is 0.882. The van der Waals surface area contributed by atoms with E-state index in [-0.39, 0.29) is 6.03 Å². The fourth-order valence-corrected chi connectivity index (χ4v) is 4.04. The molecule has 0 atom stereocenters. The fraction of sp³-hybridized carbons (Fsp3) is 0.581. The summed E-state index contributed by atoms with van der Waals surface area (Å²) < 4.78 is 5.88. The van der Waals surface area contributed by atoms with E-state index in [9.17, 15) is 4.79 Å². The van der Waals surface area contributed by atoms with E-state index in [0.717, 1.165) is 49.5 Å². The van der Waals surface area contributed by atoms with Crippen molar-refractivity contribution in [2.75, 3.05) is 27.2 Å². The monoisotopic (exact) mass is 508 g/mol. The van der Waals surface area contributed by atoms with Gasteiger partial charge < -0.3 is 15.0 Å². The first-order valence-electron chi connectivity index (χ1n) is 14.3. The van der Waals surface area contributed by atoms with Crippen molar-refractivity contribution in [2.24, 2.45) is 10.2 Å². The summed E-state index contributed by atoms with van der Waals surface area (Å²) >= 11 is 0. The molecule has 37 heavy (non-hydrogen) atoms. The number of nitrogens with zero attached hydrogens (tertiary/aromatic N) is 3. The van der Waals surface area contributed by atoms with E-state index < -0.39 is 0 Å². The molecule has 0 aliphatic heterocycles. The van der Waals surface area contributed by atoms with Gasteiger partial charge in [-0.2, -0.15) is 10.2 Å². The molecule has 204 valence electrons. The Labute approximate surface area is 224 Å². The van der Waals surface area contributed by atoms with Crippen molar-refractivity contribution in [1.29, 1.82) is 0 Å². The maximum atomic E-state index is 11.4. The second-order valence-electron chi connectivity index (χ2n) is 9.97. The molecule has 0 unspecified atom stereocenters. The molecule has 0 bridgehead atoms. The zero-order valence-electron chi connectivity index (χ0n) is 23.4. The van der Waals surface area contributed by atoms with E-state index in [1.165, 1.54) is 69.8 Å². The van der Waals surface area contributed by atoms with Crippen LogP contribution in [0.4, 0.5) is 16.2 Å². The smallest absolute Gasteiger partial charge is 0.316 e. The van der Waals surface area contributed by atoms with Gasteiger partial charge in [-0.3, -0.25) is 0 Å². The number of aryl methyl sites for hydroxylation is 1. The van der Waals surface area contributed by atoms with Gasteiger partial charge in [0, 0.05) is 20.6 Å². The minimum atomic E-state index is -0.00618. The molecule has 0 radical (unpaired) electrons. The summed E-state index contributed by atoms with van der Waals surface area (Å²) in [7, 11) is 3.53. The highest BCUT2D eigenvalue weighted by molar-refractivity contribution is 5.73. The van der Waals surface area contributed by atoms with Gasteiger partial charge in [0.05, 0.1) is 18.0 Å². The fourth-order valence-electron chi connectivity index (χ4n) is 4.04. The van der Waals surface area contributed by atoms with Gasteiger partial charge in [-0.05, 0) is 67.6 Å². The summed E-state index contributed by atoms with van der Waals surface area (Å²) in [5.41, 5.74) is 3.08. The zero-order chi connectivity index (χ0) is 26.6. The molecule has 0 saturated heterocycles. The molecule has 0 aromatic heterocycles. The minimum Gasteiger partial charge on any atom is -0.494 e. The maximum Gasteiger partial charge on any atom is 0.316 e. The van der Waals surface area contributed by atoms with Gasteiger partial charge in [-0.15, -0.1) is 0 Å². The van der Waals surface area contributed by atoms with Crippen LogP contribution in [0.15, 0.2) is 58.8 Å². The largest absolute Gasteiger partial charge is 0.494 e.